The molecule has 0 aliphatic carbocycles. The van der Waals surface area contributed by atoms with Crippen molar-refractivity contribution in [3.8, 4) is 0 Å². The van der Waals surface area contributed by atoms with Crippen LogP contribution in [0.2, 0.25) is 0 Å². The van der Waals surface area contributed by atoms with Crippen LogP contribution >= 0.6 is 0 Å². The van der Waals surface area contributed by atoms with Crippen molar-refractivity contribution in [2.24, 2.45) is 0 Å². The average molecular weight is 310 g/mol. The zero-order chi connectivity index (χ0) is 15.8. The minimum Gasteiger partial charge on any atom is -0.439 e. The number of fused-ring (bicyclic) bond motifs is 1. The number of aryl methyl sites for hydroxylation is 1. The fourth-order valence-corrected chi connectivity index (χ4v) is 3.46. The Labute approximate surface area is 134 Å². The van der Waals surface area contributed by atoms with Gasteiger partial charge in [-0.05, 0) is 44.0 Å². The molecule has 1 saturated heterocycles. The van der Waals surface area contributed by atoms with Crippen molar-refractivity contribution in [1.82, 2.24) is 9.88 Å². The van der Waals surface area contributed by atoms with Crippen LogP contribution in [0.5, 0.6) is 0 Å². The van der Waals surface area contributed by atoms with E-state index in [-0.39, 0.29) is 5.82 Å². The molecule has 0 saturated carbocycles. The van der Waals surface area contributed by atoms with Gasteiger partial charge in [0, 0.05) is 12.1 Å². The number of hydrogen-bond donors (Lipinski definition) is 0. The first-order valence-corrected chi connectivity index (χ1v) is 8.04. The van der Waals surface area contributed by atoms with Gasteiger partial charge in [-0.2, -0.15) is 0 Å². The van der Waals surface area contributed by atoms with Gasteiger partial charge in [-0.15, -0.1) is 0 Å². The van der Waals surface area contributed by atoms with E-state index in [1.807, 2.05) is 0 Å². The Morgan fingerprint density at radius 2 is 2.17 bits per heavy atom. The summed E-state index contributed by atoms with van der Waals surface area (Å²) in [5, 5.41) is 0. The van der Waals surface area contributed by atoms with Gasteiger partial charge in [0.15, 0.2) is 5.58 Å². The third-order valence-electron chi connectivity index (χ3n) is 4.52. The van der Waals surface area contributed by atoms with Crippen molar-refractivity contribution in [3.63, 3.8) is 0 Å². The second-order valence-electron chi connectivity index (χ2n) is 6.26. The molecule has 2 aromatic carbocycles. The molecule has 4 rings (SSSR count). The molecule has 0 bridgehead atoms. The lowest BCUT2D eigenvalue weighted by Gasteiger charge is -2.23. The van der Waals surface area contributed by atoms with Gasteiger partial charge in [-0.3, -0.25) is 4.90 Å². The van der Waals surface area contributed by atoms with E-state index in [2.05, 4.69) is 41.1 Å². The number of aromatic nitrogens is 1. The van der Waals surface area contributed by atoms with Crippen molar-refractivity contribution in [3.05, 3.63) is 65.3 Å². The molecule has 0 spiro atoms. The van der Waals surface area contributed by atoms with Gasteiger partial charge in [-0.25, -0.2) is 9.37 Å². The van der Waals surface area contributed by atoms with Gasteiger partial charge >= 0.3 is 0 Å². The van der Waals surface area contributed by atoms with Gasteiger partial charge in [0.2, 0.25) is 5.89 Å². The summed E-state index contributed by atoms with van der Waals surface area (Å²) in [5.41, 5.74) is 3.87. The highest BCUT2D eigenvalue weighted by Crippen LogP contribution is 2.33. The van der Waals surface area contributed by atoms with Gasteiger partial charge in [0.25, 0.3) is 0 Å². The van der Waals surface area contributed by atoms with Crippen LogP contribution < -0.4 is 0 Å². The Morgan fingerprint density at radius 3 is 3.04 bits per heavy atom. The summed E-state index contributed by atoms with van der Waals surface area (Å²) in [5.74, 6) is 0.376. The molecule has 3 aromatic rings. The van der Waals surface area contributed by atoms with Gasteiger partial charge in [0.05, 0.1) is 6.54 Å². The number of rotatable bonds is 3. The van der Waals surface area contributed by atoms with E-state index in [1.165, 1.54) is 29.7 Å². The Hall–Kier alpha value is -2.20. The smallest absolute Gasteiger partial charge is 0.209 e. The highest BCUT2D eigenvalue weighted by atomic mass is 19.1. The Morgan fingerprint density at radius 1 is 1.26 bits per heavy atom. The van der Waals surface area contributed by atoms with E-state index in [1.54, 1.807) is 6.07 Å². The van der Waals surface area contributed by atoms with Crippen LogP contribution in [0.1, 0.15) is 35.9 Å². The summed E-state index contributed by atoms with van der Waals surface area (Å²) in [7, 11) is 0. The summed E-state index contributed by atoms with van der Waals surface area (Å²) >= 11 is 0. The Balaban J connectivity index is 1.58. The van der Waals surface area contributed by atoms with Crippen molar-refractivity contribution < 1.29 is 8.81 Å². The van der Waals surface area contributed by atoms with Crippen molar-refractivity contribution in [2.75, 3.05) is 6.54 Å². The molecule has 3 nitrogen and oxygen atoms in total. The number of oxazole rings is 1. The maximum absolute atomic E-state index is 13.3. The number of likely N-dealkylation sites (tertiary alicyclic amines) is 1. The highest BCUT2D eigenvalue weighted by molar-refractivity contribution is 5.72. The lowest BCUT2D eigenvalue weighted by atomic mass is 10.0. The highest BCUT2D eigenvalue weighted by Gasteiger charge is 2.27. The Bertz CT molecular complexity index is 842. The minimum absolute atomic E-state index is 0.281. The first kappa shape index (κ1) is 14.4. The second kappa shape index (κ2) is 5.78. The predicted molar refractivity (Wildman–Crippen MR) is 87.5 cm³/mol. The van der Waals surface area contributed by atoms with Crippen LogP contribution in [0.25, 0.3) is 11.1 Å². The molecule has 0 radical (unpaired) electrons. The van der Waals surface area contributed by atoms with Crippen LogP contribution in [0.15, 0.2) is 46.9 Å². The summed E-state index contributed by atoms with van der Waals surface area (Å²) in [6.45, 7) is 3.82. The molecule has 1 aromatic heterocycles. The Kier molecular flexibility index (Phi) is 3.62. The minimum atomic E-state index is -0.281. The second-order valence-corrected chi connectivity index (χ2v) is 6.26. The first-order valence-electron chi connectivity index (χ1n) is 8.04. The molecule has 1 fully saturated rings. The van der Waals surface area contributed by atoms with Crippen molar-refractivity contribution in [2.45, 2.75) is 32.4 Å². The molecule has 4 heteroatoms. The van der Waals surface area contributed by atoms with E-state index < -0.39 is 0 Å². The van der Waals surface area contributed by atoms with Crippen LogP contribution in [0, 0.1) is 12.7 Å². The maximum Gasteiger partial charge on any atom is 0.209 e. The number of halogens is 1. The van der Waals surface area contributed by atoms with Gasteiger partial charge < -0.3 is 4.42 Å². The van der Waals surface area contributed by atoms with E-state index >= 15 is 0 Å². The molecule has 0 unspecified atom stereocenters. The van der Waals surface area contributed by atoms with Crippen molar-refractivity contribution >= 4 is 11.1 Å². The monoisotopic (exact) mass is 310 g/mol. The summed E-state index contributed by atoms with van der Waals surface area (Å²) in [4.78, 5) is 6.83. The molecular formula is C19H19FN2O. The van der Waals surface area contributed by atoms with Crippen LogP contribution in [0.3, 0.4) is 0 Å². The van der Waals surface area contributed by atoms with E-state index in [9.17, 15) is 4.39 Å². The standard InChI is InChI=1S/C19H19FN2O/c1-13-4-2-5-14(10-13)17-6-3-9-22(17)12-19-21-16-11-15(20)7-8-18(16)23-19/h2,4-5,7-8,10-11,17H,3,6,9,12H2,1H3/t17-/m0/s1. The van der Waals surface area contributed by atoms with Crippen molar-refractivity contribution in [1.29, 1.82) is 0 Å². The fourth-order valence-electron chi connectivity index (χ4n) is 3.46. The zero-order valence-electron chi connectivity index (χ0n) is 13.1. The maximum atomic E-state index is 13.3. The quantitative estimate of drug-likeness (QED) is 0.707. The molecule has 2 heterocycles. The molecule has 1 atom stereocenters. The summed E-state index contributed by atoms with van der Waals surface area (Å²) in [6, 6.07) is 13.6. The number of hydrogen-bond acceptors (Lipinski definition) is 3. The van der Waals surface area contributed by atoms with E-state index in [0.29, 0.717) is 29.6 Å². The van der Waals surface area contributed by atoms with E-state index in [0.717, 1.165) is 13.0 Å². The topological polar surface area (TPSA) is 29.3 Å². The number of nitrogens with zero attached hydrogens (tertiary/aromatic N) is 2. The average Bonchev–Trinajstić information content (AvgIpc) is 3.13. The van der Waals surface area contributed by atoms with Crippen LogP contribution in [-0.2, 0) is 6.54 Å². The first-order chi connectivity index (χ1) is 11.2. The van der Waals surface area contributed by atoms with Crippen LogP contribution in [0.4, 0.5) is 4.39 Å². The summed E-state index contributed by atoms with van der Waals surface area (Å²) < 4.78 is 19.1. The molecule has 23 heavy (non-hydrogen) atoms. The fraction of sp³-hybridized carbons (Fsp3) is 0.316. The SMILES string of the molecule is Cc1cccc([C@@H]2CCCN2Cc2nc3cc(F)ccc3o2)c1. The molecule has 1 aliphatic heterocycles. The molecule has 0 amide bonds. The van der Waals surface area contributed by atoms with Gasteiger partial charge in [-0.1, -0.05) is 29.8 Å². The molecule has 0 N–H and O–H groups in total. The lowest BCUT2D eigenvalue weighted by molar-refractivity contribution is 0.226. The third kappa shape index (κ3) is 2.86. The lowest BCUT2D eigenvalue weighted by Crippen LogP contribution is -2.22. The predicted octanol–water partition coefficient (Wildman–Crippen LogP) is 4.61. The number of benzene rings is 2. The third-order valence-corrected chi connectivity index (χ3v) is 4.52. The van der Waals surface area contributed by atoms with Gasteiger partial charge in [0.1, 0.15) is 11.3 Å². The molecule has 1 aliphatic rings. The van der Waals surface area contributed by atoms with Crippen LogP contribution in [-0.4, -0.2) is 16.4 Å². The van der Waals surface area contributed by atoms with E-state index in [4.69, 9.17) is 4.42 Å². The normalized spacial score (nSPS) is 18.8. The molecule has 118 valence electrons. The largest absolute Gasteiger partial charge is 0.439 e. The molecular weight excluding hydrogens is 291 g/mol. The zero-order valence-corrected chi connectivity index (χ0v) is 13.1. The summed E-state index contributed by atoms with van der Waals surface area (Å²) in [6.07, 6.45) is 2.33.